The summed E-state index contributed by atoms with van der Waals surface area (Å²) in [6, 6.07) is 0. The van der Waals surface area contributed by atoms with Crippen LogP contribution < -0.4 is 0 Å². The Hall–Kier alpha value is 0.340. The van der Waals surface area contributed by atoms with Crippen molar-refractivity contribution in [2.75, 3.05) is 13.2 Å². The molecule has 0 aromatic heterocycles. The van der Waals surface area contributed by atoms with Crippen molar-refractivity contribution < 1.29 is 22.5 Å². The van der Waals surface area contributed by atoms with Crippen LogP contribution in [0.15, 0.2) is 0 Å². The molecule has 17 heavy (non-hydrogen) atoms. The summed E-state index contributed by atoms with van der Waals surface area (Å²) in [5.41, 5.74) is -0.704. The Morgan fingerprint density at radius 3 is 1.29 bits per heavy atom. The average molecular weight is 286 g/mol. The highest BCUT2D eigenvalue weighted by molar-refractivity contribution is 7.67. The van der Waals surface area contributed by atoms with Gasteiger partial charge < -0.3 is 9.05 Å². The second kappa shape index (κ2) is 7.06. The molecular weight excluding hydrogens is 262 g/mol. The molecule has 0 aliphatic rings. The molecule has 7 heteroatoms. The quantitative estimate of drug-likeness (QED) is 0.623. The third-order valence-electron chi connectivity index (χ3n) is 2.11. The van der Waals surface area contributed by atoms with Crippen molar-refractivity contribution in [3.63, 3.8) is 0 Å². The van der Waals surface area contributed by atoms with Crippen LogP contribution in [0.4, 0.5) is 0 Å². The molecule has 0 aliphatic heterocycles. The first kappa shape index (κ1) is 17.3. The summed E-state index contributed by atoms with van der Waals surface area (Å²) in [6.07, 6.45) is 0. The second-order valence-corrected chi connectivity index (χ2v) is 9.58. The highest BCUT2D eigenvalue weighted by atomic mass is 31.3. The van der Waals surface area contributed by atoms with Gasteiger partial charge in [-0.25, -0.2) is 4.31 Å². The van der Waals surface area contributed by atoms with Crippen LogP contribution in [0.3, 0.4) is 0 Å². The molecular formula is C10H24O5P2. The zero-order chi connectivity index (χ0) is 13.7. The molecule has 0 radical (unpaired) electrons. The van der Waals surface area contributed by atoms with E-state index in [0.29, 0.717) is 0 Å². The SMILES string of the molecule is CCOP(=O)(OP(=O)(OCC)C(C)C)C(C)C. The highest BCUT2D eigenvalue weighted by Gasteiger charge is 2.41. The van der Waals surface area contributed by atoms with Gasteiger partial charge in [0.1, 0.15) is 0 Å². The summed E-state index contributed by atoms with van der Waals surface area (Å²) in [5.74, 6) is 0. The first-order valence-electron chi connectivity index (χ1n) is 5.91. The summed E-state index contributed by atoms with van der Waals surface area (Å²) in [6.45, 7) is 10.8. The Morgan fingerprint density at radius 1 is 0.824 bits per heavy atom. The van der Waals surface area contributed by atoms with Gasteiger partial charge in [0.15, 0.2) is 0 Å². The van der Waals surface area contributed by atoms with Gasteiger partial charge in [-0.3, -0.25) is 9.13 Å². The second-order valence-electron chi connectivity index (χ2n) is 4.18. The van der Waals surface area contributed by atoms with Gasteiger partial charge in [-0.1, -0.05) is 27.7 Å². The Bertz CT molecular complexity index is 284. The van der Waals surface area contributed by atoms with Gasteiger partial charge in [-0.05, 0) is 13.8 Å². The van der Waals surface area contributed by atoms with Crippen LogP contribution in [-0.4, -0.2) is 24.5 Å². The molecule has 0 rings (SSSR count). The fourth-order valence-electron chi connectivity index (χ4n) is 1.05. The van der Waals surface area contributed by atoms with E-state index in [1.54, 1.807) is 41.5 Å². The van der Waals surface area contributed by atoms with Gasteiger partial charge in [0.25, 0.3) is 0 Å². The molecule has 0 fully saturated rings. The predicted octanol–water partition coefficient (Wildman–Crippen LogP) is 4.28. The summed E-state index contributed by atoms with van der Waals surface area (Å²) >= 11 is 0. The molecule has 104 valence electrons. The highest BCUT2D eigenvalue weighted by Crippen LogP contribution is 2.68. The van der Waals surface area contributed by atoms with E-state index in [1.807, 2.05) is 0 Å². The molecule has 2 atom stereocenters. The van der Waals surface area contributed by atoms with Crippen LogP contribution >= 0.6 is 15.2 Å². The zero-order valence-corrected chi connectivity index (χ0v) is 13.3. The van der Waals surface area contributed by atoms with Gasteiger partial charge in [-0.15, -0.1) is 0 Å². The normalized spacial score (nSPS) is 19.3. The van der Waals surface area contributed by atoms with Crippen molar-refractivity contribution in [3.8, 4) is 0 Å². The predicted molar refractivity (Wildman–Crippen MR) is 69.8 cm³/mol. The summed E-state index contributed by atoms with van der Waals surface area (Å²) in [5, 5.41) is 0. The third kappa shape index (κ3) is 4.84. The Morgan fingerprint density at radius 2 is 1.12 bits per heavy atom. The van der Waals surface area contributed by atoms with Crippen molar-refractivity contribution in [1.29, 1.82) is 0 Å². The van der Waals surface area contributed by atoms with E-state index in [2.05, 4.69) is 0 Å². The summed E-state index contributed by atoms with van der Waals surface area (Å²) in [4.78, 5) is 0. The molecule has 5 nitrogen and oxygen atoms in total. The van der Waals surface area contributed by atoms with Gasteiger partial charge in [0, 0.05) is 0 Å². The molecule has 0 saturated carbocycles. The van der Waals surface area contributed by atoms with E-state index in [-0.39, 0.29) is 24.5 Å². The Labute approximate surface area is 104 Å². The maximum atomic E-state index is 12.4. The lowest BCUT2D eigenvalue weighted by atomic mass is 10.6. The van der Waals surface area contributed by atoms with Gasteiger partial charge in [0.05, 0.1) is 24.5 Å². The lowest BCUT2D eigenvalue weighted by molar-refractivity contribution is 0.230. The van der Waals surface area contributed by atoms with E-state index in [0.717, 1.165) is 0 Å². The summed E-state index contributed by atoms with van der Waals surface area (Å²) < 4.78 is 40.4. The largest absolute Gasteiger partial charge is 0.340 e. The summed E-state index contributed by atoms with van der Waals surface area (Å²) in [7, 11) is -6.77. The smallest absolute Gasteiger partial charge is 0.308 e. The van der Waals surface area contributed by atoms with Gasteiger partial charge in [-0.2, -0.15) is 0 Å². The van der Waals surface area contributed by atoms with E-state index >= 15 is 0 Å². The maximum absolute atomic E-state index is 12.4. The molecule has 0 aromatic rings. The van der Waals surface area contributed by atoms with E-state index in [1.165, 1.54) is 0 Å². The molecule has 2 unspecified atom stereocenters. The van der Waals surface area contributed by atoms with Crippen LogP contribution in [0.25, 0.3) is 0 Å². The topological polar surface area (TPSA) is 61.8 Å². The van der Waals surface area contributed by atoms with Gasteiger partial charge >= 0.3 is 15.2 Å². The number of hydrogen-bond donors (Lipinski definition) is 0. The minimum absolute atomic E-state index is 0.250. The first-order chi connectivity index (χ1) is 7.72. The molecule has 0 spiro atoms. The fraction of sp³-hybridized carbons (Fsp3) is 1.00. The minimum atomic E-state index is -3.38. The van der Waals surface area contributed by atoms with Crippen LogP contribution in [0.1, 0.15) is 41.5 Å². The lowest BCUT2D eigenvalue weighted by Crippen LogP contribution is -2.10. The average Bonchev–Trinajstić information content (AvgIpc) is 2.17. The van der Waals surface area contributed by atoms with E-state index < -0.39 is 15.2 Å². The monoisotopic (exact) mass is 286 g/mol. The van der Waals surface area contributed by atoms with Crippen LogP contribution in [-0.2, 0) is 22.5 Å². The van der Waals surface area contributed by atoms with Crippen molar-refractivity contribution in [2.24, 2.45) is 0 Å². The number of rotatable bonds is 8. The first-order valence-corrected chi connectivity index (χ1v) is 9.14. The molecule has 0 heterocycles. The fourth-order valence-corrected chi connectivity index (χ4v) is 5.52. The van der Waals surface area contributed by atoms with Crippen molar-refractivity contribution >= 4 is 15.2 Å². The maximum Gasteiger partial charge on any atom is 0.340 e. The zero-order valence-electron chi connectivity index (χ0n) is 11.5. The Kier molecular flexibility index (Phi) is 7.20. The third-order valence-corrected chi connectivity index (χ3v) is 7.70. The lowest BCUT2D eigenvalue weighted by Gasteiger charge is -2.28. The Balaban J connectivity index is 5.07. The van der Waals surface area contributed by atoms with Crippen LogP contribution in [0.2, 0.25) is 0 Å². The molecule has 0 N–H and O–H groups in total. The van der Waals surface area contributed by atoms with Crippen molar-refractivity contribution in [3.05, 3.63) is 0 Å². The van der Waals surface area contributed by atoms with Crippen molar-refractivity contribution in [1.82, 2.24) is 0 Å². The molecule has 0 aliphatic carbocycles. The van der Waals surface area contributed by atoms with E-state index in [4.69, 9.17) is 13.4 Å². The van der Waals surface area contributed by atoms with Crippen LogP contribution in [0.5, 0.6) is 0 Å². The van der Waals surface area contributed by atoms with Crippen LogP contribution in [0, 0.1) is 0 Å². The molecule has 0 bridgehead atoms. The molecule has 0 aromatic carbocycles. The molecule has 0 saturated heterocycles. The minimum Gasteiger partial charge on any atom is -0.308 e. The molecule has 0 amide bonds. The van der Waals surface area contributed by atoms with Gasteiger partial charge in [0.2, 0.25) is 0 Å². The van der Waals surface area contributed by atoms with E-state index in [9.17, 15) is 9.13 Å². The number of hydrogen-bond acceptors (Lipinski definition) is 5. The van der Waals surface area contributed by atoms with Crippen molar-refractivity contribution in [2.45, 2.75) is 52.9 Å². The standard InChI is InChI=1S/C10H24O5P2/c1-7-13-16(11,9(3)4)15-17(12,10(5)6)14-8-2/h9-10H,7-8H2,1-6H3.